The first kappa shape index (κ1) is 12.6. The van der Waals surface area contributed by atoms with Gasteiger partial charge in [0.15, 0.2) is 0 Å². The summed E-state index contributed by atoms with van der Waals surface area (Å²) in [6.45, 7) is 0. The second-order valence-corrected chi connectivity index (χ2v) is 6.72. The van der Waals surface area contributed by atoms with E-state index in [1.54, 1.807) is 0 Å². The molecular weight excluding hydrogens is 220 g/mol. The van der Waals surface area contributed by atoms with Gasteiger partial charge in [-0.15, -0.1) is 0 Å². The van der Waals surface area contributed by atoms with E-state index < -0.39 is 0 Å². The maximum Gasteiger partial charge on any atom is 0.108 e. The Kier molecular flexibility index (Phi) is 4.00. The predicted octanol–water partition coefficient (Wildman–Crippen LogP) is 5.27. The van der Waals surface area contributed by atoms with Gasteiger partial charge in [-0.2, -0.15) is 10.2 Å². The minimum atomic E-state index is 0.303. The number of hydrogen-bond donors (Lipinski definition) is 0. The second-order valence-electron chi connectivity index (χ2n) is 6.72. The van der Waals surface area contributed by atoms with Crippen LogP contribution in [0.3, 0.4) is 0 Å². The first-order valence-corrected chi connectivity index (χ1v) is 8.34. The predicted molar refractivity (Wildman–Crippen MR) is 74.9 cm³/mol. The van der Waals surface area contributed by atoms with Gasteiger partial charge in [-0.25, -0.2) is 0 Å². The molecule has 0 amide bonds. The number of hydrogen-bond acceptors (Lipinski definition) is 2. The Labute approximate surface area is 112 Å². The van der Waals surface area contributed by atoms with Crippen LogP contribution in [0.5, 0.6) is 0 Å². The first-order chi connectivity index (χ1) is 8.92. The van der Waals surface area contributed by atoms with Crippen molar-refractivity contribution in [1.29, 1.82) is 0 Å². The maximum absolute atomic E-state index is 4.75. The lowest BCUT2D eigenvalue weighted by atomic mass is 9.66. The van der Waals surface area contributed by atoms with Gasteiger partial charge in [-0.3, -0.25) is 0 Å². The molecule has 0 spiro atoms. The summed E-state index contributed by atoms with van der Waals surface area (Å²) in [7, 11) is 0. The van der Waals surface area contributed by atoms with Crippen LogP contribution < -0.4 is 0 Å². The van der Waals surface area contributed by atoms with E-state index in [4.69, 9.17) is 5.11 Å². The van der Waals surface area contributed by atoms with Crippen molar-refractivity contribution < 1.29 is 0 Å². The Morgan fingerprint density at radius 1 is 0.667 bits per heavy atom. The summed E-state index contributed by atoms with van der Waals surface area (Å²) < 4.78 is 0. The Morgan fingerprint density at radius 3 is 1.94 bits per heavy atom. The average molecular weight is 248 g/mol. The standard InChI is InChI=1S/C16H28N2/c1-2-6-10-14(11-7-3-1)16-13-9-5-4-8-12-15(16)17-18-16/h14-15H,1-13H2. The van der Waals surface area contributed by atoms with Gasteiger partial charge in [0.05, 0.1) is 6.04 Å². The normalized spacial score (nSPS) is 38.8. The Morgan fingerprint density at radius 2 is 1.28 bits per heavy atom. The fourth-order valence-corrected chi connectivity index (χ4v) is 4.43. The summed E-state index contributed by atoms with van der Waals surface area (Å²) in [5.74, 6) is 0.860. The fourth-order valence-electron chi connectivity index (χ4n) is 4.43. The van der Waals surface area contributed by atoms with Crippen LogP contribution in [0.25, 0.3) is 0 Å². The van der Waals surface area contributed by atoms with Crippen molar-refractivity contribution in [2.75, 3.05) is 0 Å². The van der Waals surface area contributed by atoms with Crippen LogP contribution in [0.4, 0.5) is 0 Å². The average Bonchev–Trinajstić information content (AvgIpc) is 2.31. The third kappa shape index (κ3) is 2.35. The molecule has 18 heavy (non-hydrogen) atoms. The summed E-state index contributed by atoms with van der Waals surface area (Å²) in [6.07, 6.45) is 18.4. The monoisotopic (exact) mass is 248 g/mol. The van der Waals surface area contributed by atoms with Crippen LogP contribution in [0, 0.1) is 5.92 Å². The van der Waals surface area contributed by atoms with E-state index in [2.05, 4.69) is 5.11 Å². The molecule has 0 bridgehead atoms. The highest BCUT2D eigenvalue weighted by Gasteiger charge is 2.50. The molecule has 3 aliphatic rings. The van der Waals surface area contributed by atoms with E-state index in [0.29, 0.717) is 11.6 Å². The summed E-state index contributed by atoms with van der Waals surface area (Å²) in [5, 5.41) is 9.26. The molecule has 2 fully saturated rings. The highest BCUT2D eigenvalue weighted by atomic mass is 15.3. The van der Waals surface area contributed by atoms with Crippen molar-refractivity contribution in [3.8, 4) is 0 Å². The largest absolute Gasteiger partial charge is 0.187 e. The molecule has 3 rings (SSSR count). The molecule has 0 radical (unpaired) electrons. The van der Waals surface area contributed by atoms with E-state index in [1.165, 1.54) is 83.5 Å². The lowest BCUT2D eigenvalue weighted by molar-refractivity contribution is 0.0987. The van der Waals surface area contributed by atoms with Crippen molar-refractivity contribution in [3.05, 3.63) is 0 Å². The summed E-state index contributed by atoms with van der Waals surface area (Å²) in [6, 6.07) is 0.599. The van der Waals surface area contributed by atoms with Crippen LogP contribution in [0.15, 0.2) is 10.2 Å². The molecule has 0 aromatic heterocycles. The van der Waals surface area contributed by atoms with Crippen LogP contribution >= 0.6 is 0 Å². The molecule has 2 unspecified atom stereocenters. The molecule has 2 saturated carbocycles. The van der Waals surface area contributed by atoms with Gasteiger partial charge in [0, 0.05) is 0 Å². The number of rotatable bonds is 1. The van der Waals surface area contributed by atoms with Crippen LogP contribution in [-0.4, -0.2) is 11.6 Å². The fraction of sp³-hybridized carbons (Fsp3) is 1.00. The molecular formula is C16H28N2. The third-order valence-electron chi connectivity index (χ3n) is 5.58. The molecule has 2 nitrogen and oxygen atoms in total. The maximum atomic E-state index is 4.75. The highest BCUT2D eigenvalue weighted by molar-refractivity contribution is 5.08. The van der Waals surface area contributed by atoms with Gasteiger partial charge in [-0.05, 0) is 31.6 Å². The SMILES string of the molecule is C1CCCC(C23CCCCCCC2N=N3)CCC1. The zero-order chi connectivity index (χ0) is 12.3. The molecule has 1 heterocycles. The van der Waals surface area contributed by atoms with Gasteiger partial charge in [0.1, 0.15) is 5.54 Å². The van der Waals surface area contributed by atoms with E-state index in [0.717, 1.165) is 5.92 Å². The van der Waals surface area contributed by atoms with Crippen molar-refractivity contribution in [1.82, 2.24) is 0 Å². The van der Waals surface area contributed by atoms with Gasteiger partial charge in [0.2, 0.25) is 0 Å². The second kappa shape index (κ2) is 5.71. The molecule has 1 aliphatic heterocycles. The topological polar surface area (TPSA) is 24.7 Å². The highest BCUT2D eigenvalue weighted by Crippen LogP contribution is 2.48. The summed E-state index contributed by atoms with van der Waals surface area (Å²) in [5.41, 5.74) is 0.303. The van der Waals surface area contributed by atoms with Crippen molar-refractivity contribution >= 4 is 0 Å². The van der Waals surface area contributed by atoms with E-state index in [-0.39, 0.29) is 0 Å². The quantitative estimate of drug-likeness (QED) is 0.603. The van der Waals surface area contributed by atoms with Gasteiger partial charge in [-0.1, -0.05) is 57.8 Å². The van der Waals surface area contributed by atoms with E-state index in [1.807, 2.05) is 0 Å². The van der Waals surface area contributed by atoms with Crippen molar-refractivity contribution in [2.24, 2.45) is 16.1 Å². The minimum absolute atomic E-state index is 0.303. The van der Waals surface area contributed by atoms with Crippen LogP contribution in [-0.2, 0) is 0 Å². The van der Waals surface area contributed by atoms with Crippen LogP contribution in [0.2, 0.25) is 0 Å². The molecule has 0 aromatic rings. The van der Waals surface area contributed by atoms with Gasteiger partial charge < -0.3 is 0 Å². The van der Waals surface area contributed by atoms with E-state index >= 15 is 0 Å². The molecule has 2 aliphatic carbocycles. The van der Waals surface area contributed by atoms with E-state index in [9.17, 15) is 0 Å². The van der Waals surface area contributed by atoms with Gasteiger partial charge >= 0.3 is 0 Å². The molecule has 102 valence electrons. The summed E-state index contributed by atoms with van der Waals surface area (Å²) in [4.78, 5) is 0. The Balaban J connectivity index is 1.72. The summed E-state index contributed by atoms with van der Waals surface area (Å²) >= 11 is 0. The lowest BCUT2D eigenvalue weighted by Crippen LogP contribution is -2.52. The number of azo groups is 1. The Bertz CT molecular complexity index is 291. The minimum Gasteiger partial charge on any atom is -0.187 e. The lowest BCUT2D eigenvalue weighted by Gasteiger charge is -2.47. The molecule has 0 aromatic carbocycles. The van der Waals surface area contributed by atoms with Crippen molar-refractivity contribution in [3.63, 3.8) is 0 Å². The smallest absolute Gasteiger partial charge is 0.108 e. The van der Waals surface area contributed by atoms with Crippen molar-refractivity contribution in [2.45, 2.75) is 95.1 Å². The third-order valence-corrected chi connectivity index (χ3v) is 5.58. The number of fused-ring (bicyclic) bond motifs is 1. The zero-order valence-corrected chi connectivity index (χ0v) is 11.7. The first-order valence-electron chi connectivity index (χ1n) is 8.34. The molecule has 0 N–H and O–H groups in total. The van der Waals surface area contributed by atoms with Crippen LogP contribution in [0.1, 0.15) is 83.5 Å². The molecule has 0 saturated heterocycles. The Hall–Kier alpha value is -0.400. The molecule has 2 heteroatoms. The molecule has 2 atom stereocenters. The zero-order valence-electron chi connectivity index (χ0n) is 11.7. The van der Waals surface area contributed by atoms with Gasteiger partial charge in [0.25, 0.3) is 0 Å². The number of nitrogens with zero attached hydrogens (tertiary/aromatic N) is 2.